The van der Waals surface area contributed by atoms with Crippen molar-refractivity contribution in [2.75, 3.05) is 19.8 Å². The molecule has 0 heterocycles. The first-order chi connectivity index (χ1) is 22.3. The molecule has 0 saturated carbocycles. The van der Waals surface area contributed by atoms with E-state index in [1.807, 2.05) is 0 Å². The highest BCUT2D eigenvalue weighted by atomic mass is 31.2. The maximum Gasteiger partial charge on any atom is 0.472 e. The molecule has 10 heteroatoms. The Morgan fingerprint density at radius 1 is 0.717 bits per heavy atom. The van der Waals surface area contributed by atoms with Crippen LogP contribution in [0.1, 0.15) is 174 Å². The average Bonchev–Trinajstić information content (AvgIpc) is 3.03. The van der Waals surface area contributed by atoms with E-state index in [0.29, 0.717) is 12.8 Å². The van der Waals surface area contributed by atoms with Crippen molar-refractivity contribution < 1.29 is 33.5 Å². The minimum absolute atomic E-state index is 0.0590. The number of phosphoric acid groups is 1. The van der Waals surface area contributed by atoms with Crippen LogP contribution in [0.25, 0.3) is 0 Å². The molecule has 9 nitrogen and oxygen atoms in total. The van der Waals surface area contributed by atoms with E-state index in [-0.39, 0.29) is 26.2 Å². The summed E-state index contributed by atoms with van der Waals surface area (Å²) >= 11 is 0. The molecule has 0 rings (SSSR count). The second-order valence-corrected chi connectivity index (χ2v) is 14.4. The van der Waals surface area contributed by atoms with E-state index in [2.05, 4.69) is 31.3 Å². The lowest BCUT2D eigenvalue weighted by Gasteiger charge is -2.25. The molecule has 1 amide bonds. The van der Waals surface area contributed by atoms with E-state index in [4.69, 9.17) is 14.8 Å². The van der Waals surface area contributed by atoms with Gasteiger partial charge in [-0.3, -0.25) is 13.8 Å². The van der Waals surface area contributed by atoms with Crippen LogP contribution in [0.4, 0.5) is 0 Å². The first-order valence-electron chi connectivity index (χ1n) is 18.9. The summed E-state index contributed by atoms with van der Waals surface area (Å²) in [5.41, 5.74) is 5.34. The zero-order valence-corrected chi connectivity index (χ0v) is 30.6. The Bertz CT molecular complexity index is 756. The van der Waals surface area contributed by atoms with Gasteiger partial charge >= 0.3 is 7.82 Å². The summed E-state index contributed by atoms with van der Waals surface area (Å²) in [6.45, 7) is 3.97. The van der Waals surface area contributed by atoms with Gasteiger partial charge in [0.15, 0.2) is 0 Å². The molecule has 4 unspecified atom stereocenters. The Kier molecular flexibility index (Phi) is 32.2. The number of allylic oxidation sites excluding steroid dienone is 2. The van der Waals surface area contributed by atoms with Gasteiger partial charge in [0.1, 0.15) is 0 Å². The van der Waals surface area contributed by atoms with Crippen LogP contribution in [-0.4, -0.2) is 59.0 Å². The highest BCUT2D eigenvalue weighted by molar-refractivity contribution is 7.47. The van der Waals surface area contributed by atoms with E-state index in [1.54, 1.807) is 0 Å². The topological polar surface area (TPSA) is 151 Å². The van der Waals surface area contributed by atoms with Crippen LogP contribution >= 0.6 is 7.82 Å². The third-order valence-electron chi connectivity index (χ3n) is 8.42. The van der Waals surface area contributed by atoms with Crippen molar-refractivity contribution in [3.05, 3.63) is 12.2 Å². The molecule has 0 aliphatic heterocycles. The van der Waals surface area contributed by atoms with Gasteiger partial charge in [-0.05, 0) is 32.1 Å². The third kappa shape index (κ3) is 30.5. The number of amides is 1. The minimum atomic E-state index is -4.37. The monoisotopic (exact) mass is 677 g/mol. The number of nitrogens with one attached hydrogen (secondary N) is 1. The number of nitrogens with two attached hydrogens (primary N) is 1. The van der Waals surface area contributed by atoms with E-state index in [0.717, 1.165) is 51.4 Å². The largest absolute Gasteiger partial charge is 0.472 e. The smallest absolute Gasteiger partial charge is 0.393 e. The summed E-state index contributed by atoms with van der Waals surface area (Å²) in [7, 11) is -4.37. The SMILES string of the molecule is CCCC/C=C\CCCCCC(O)CC(=O)NC(COP(=O)(O)OCCN)C(O)CCCCCCCCCCCCCCCCC. The summed E-state index contributed by atoms with van der Waals surface area (Å²) in [4.78, 5) is 22.6. The van der Waals surface area contributed by atoms with Gasteiger partial charge in [0.05, 0.1) is 37.9 Å². The highest BCUT2D eigenvalue weighted by Gasteiger charge is 2.28. The summed E-state index contributed by atoms with van der Waals surface area (Å²) in [6.07, 6.45) is 29.7. The Morgan fingerprint density at radius 2 is 1.20 bits per heavy atom. The van der Waals surface area contributed by atoms with Crippen molar-refractivity contribution in [2.24, 2.45) is 5.73 Å². The maximum atomic E-state index is 12.7. The fourth-order valence-corrected chi connectivity index (χ4v) is 6.27. The van der Waals surface area contributed by atoms with Gasteiger partial charge in [-0.25, -0.2) is 4.57 Å². The zero-order valence-electron chi connectivity index (χ0n) is 29.7. The van der Waals surface area contributed by atoms with Gasteiger partial charge in [0.2, 0.25) is 5.91 Å². The fraction of sp³-hybridized carbons (Fsp3) is 0.917. The Morgan fingerprint density at radius 3 is 1.74 bits per heavy atom. The van der Waals surface area contributed by atoms with Crippen molar-refractivity contribution >= 4 is 13.7 Å². The van der Waals surface area contributed by atoms with Crippen molar-refractivity contribution in [1.29, 1.82) is 0 Å². The number of carbonyl (C=O) groups is 1. The van der Waals surface area contributed by atoms with E-state index in [1.165, 1.54) is 89.9 Å². The number of hydrogen-bond donors (Lipinski definition) is 5. The van der Waals surface area contributed by atoms with E-state index >= 15 is 0 Å². The summed E-state index contributed by atoms with van der Waals surface area (Å²) < 4.78 is 22.0. The van der Waals surface area contributed by atoms with Crippen LogP contribution in [-0.2, 0) is 18.4 Å². The quantitative estimate of drug-likeness (QED) is 0.0254. The number of rotatable bonds is 35. The molecular formula is C36H73N2O7P. The number of aliphatic hydroxyl groups is 2. The van der Waals surface area contributed by atoms with Gasteiger partial charge in [-0.1, -0.05) is 148 Å². The van der Waals surface area contributed by atoms with Crippen molar-refractivity contribution in [3.8, 4) is 0 Å². The van der Waals surface area contributed by atoms with Gasteiger partial charge in [0.25, 0.3) is 0 Å². The van der Waals surface area contributed by atoms with E-state index < -0.39 is 32.0 Å². The third-order valence-corrected chi connectivity index (χ3v) is 9.41. The van der Waals surface area contributed by atoms with Crippen LogP contribution in [0.15, 0.2) is 12.2 Å². The molecule has 0 saturated heterocycles. The molecule has 274 valence electrons. The maximum absolute atomic E-state index is 12.7. The van der Waals surface area contributed by atoms with Crippen molar-refractivity contribution in [1.82, 2.24) is 5.32 Å². The first kappa shape index (κ1) is 45.2. The summed E-state index contributed by atoms with van der Waals surface area (Å²) in [5.74, 6) is -0.425. The van der Waals surface area contributed by atoms with Crippen molar-refractivity contribution in [2.45, 2.75) is 193 Å². The minimum Gasteiger partial charge on any atom is -0.393 e. The number of aliphatic hydroxyl groups excluding tert-OH is 2. The van der Waals surface area contributed by atoms with Gasteiger partial charge in [-0.2, -0.15) is 0 Å². The molecule has 0 bridgehead atoms. The van der Waals surface area contributed by atoms with Crippen LogP contribution < -0.4 is 11.1 Å². The Balaban J connectivity index is 4.37. The van der Waals surface area contributed by atoms with Gasteiger partial charge in [-0.15, -0.1) is 0 Å². The standard InChI is InChI=1S/C36H73N2O7P/c1-3-5-7-9-11-13-14-15-16-17-18-20-22-24-26-28-35(40)34(32-45-46(42,43)44-30-29-37)38-36(41)31-33(39)27-25-23-21-19-12-10-8-6-4-2/h10,12,33-35,39-40H,3-9,11,13-32,37H2,1-2H3,(H,38,41)(H,42,43)/b12-10-. The second kappa shape index (κ2) is 32.7. The average molecular weight is 677 g/mol. The molecule has 0 aromatic heterocycles. The number of carbonyl (C=O) groups excluding carboxylic acids is 1. The molecule has 0 aromatic carbocycles. The van der Waals surface area contributed by atoms with Crippen LogP contribution in [0.5, 0.6) is 0 Å². The molecular weight excluding hydrogens is 603 g/mol. The number of hydrogen-bond acceptors (Lipinski definition) is 7. The zero-order chi connectivity index (χ0) is 34.1. The normalized spacial score (nSPS) is 15.2. The number of phosphoric ester groups is 1. The Hall–Kier alpha value is -0.800. The predicted octanol–water partition coefficient (Wildman–Crippen LogP) is 8.63. The van der Waals surface area contributed by atoms with E-state index in [9.17, 15) is 24.5 Å². The lowest BCUT2D eigenvalue weighted by Crippen LogP contribution is -2.47. The summed E-state index contributed by atoms with van der Waals surface area (Å²) in [5, 5.41) is 24.0. The lowest BCUT2D eigenvalue weighted by atomic mass is 10.0. The molecule has 0 radical (unpaired) electrons. The van der Waals surface area contributed by atoms with Gasteiger partial charge < -0.3 is 26.2 Å². The molecule has 4 atom stereocenters. The van der Waals surface area contributed by atoms with Crippen LogP contribution in [0.3, 0.4) is 0 Å². The summed E-state index contributed by atoms with van der Waals surface area (Å²) in [6, 6.07) is -0.896. The molecule has 0 fully saturated rings. The number of unbranched alkanes of at least 4 members (excludes halogenated alkanes) is 19. The molecule has 0 aliphatic rings. The second-order valence-electron chi connectivity index (χ2n) is 13.0. The Labute approximate surface area is 282 Å². The van der Waals surface area contributed by atoms with Crippen molar-refractivity contribution in [3.63, 3.8) is 0 Å². The predicted molar refractivity (Wildman–Crippen MR) is 191 cm³/mol. The molecule has 0 aromatic rings. The molecule has 0 spiro atoms. The molecule has 6 N–H and O–H groups in total. The fourth-order valence-electron chi connectivity index (χ4n) is 5.51. The highest BCUT2D eigenvalue weighted by Crippen LogP contribution is 2.43. The van der Waals surface area contributed by atoms with Crippen LogP contribution in [0, 0.1) is 0 Å². The molecule has 46 heavy (non-hydrogen) atoms. The van der Waals surface area contributed by atoms with Crippen LogP contribution in [0.2, 0.25) is 0 Å². The lowest BCUT2D eigenvalue weighted by molar-refractivity contribution is -0.125. The molecule has 0 aliphatic carbocycles. The van der Waals surface area contributed by atoms with Gasteiger partial charge in [0, 0.05) is 6.54 Å². The first-order valence-corrected chi connectivity index (χ1v) is 20.4.